The SMILES string of the molecule is C[C@H](CC[C@H](C(=O)O)C1CC1)Oc1ccccc1CC[C@H](C)NC(=O)OC(C)(C)C. The molecule has 6 nitrogen and oxygen atoms in total. The van der Waals surface area contributed by atoms with Crippen LogP contribution in [0.3, 0.4) is 0 Å². The van der Waals surface area contributed by atoms with Crippen molar-refractivity contribution >= 4 is 12.1 Å². The number of carboxylic acid groups (broad SMARTS) is 1. The summed E-state index contributed by atoms with van der Waals surface area (Å²) < 4.78 is 11.5. The average molecular weight is 420 g/mol. The maximum Gasteiger partial charge on any atom is 0.407 e. The van der Waals surface area contributed by atoms with Gasteiger partial charge in [-0.25, -0.2) is 4.79 Å². The summed E-state index contributed by atoms with van der Waals surface area (Å²) >= 11 is 0. The van der Waals surface area contributed by atoms with Crippen molar-refractivity contribution in [3.8, 4) is 5.75 Å². The summed E-state index contributed by atoms with van der Waals surface area (Å²) in [6.45, 7) is 9.48. The zero-order valence-corrected chi connectivity index (χ0v) is 18.9. The fourth-order valence-electron chi connectivity index (χ4n) is 3.53. The minimum Gasteiger partial charge on any atom is -0.490 e. The first-order valence-corrected chi connectivity index (χ1v) is 11.0. The Bertz CT molecular complexity index is 708. The standard InChI is InChI=1S/C24H37NO5/c1-16(25-23(28)30-24(3,4)5)10-12-19-8-6-7-9-21(19)29-17(2)11-15-20(22(26)27)18-13-14-18/h6-9,16-18,20H,10-15H2,1-5H3,(H,25,28)(H,26,27)/t16-,17+,20-/m0/s1. The first kappa shape index (κ1) is 24.0. The minimum atomic E-state index is -0.684. The Hall–Kier alpha value is -2.24. The van der Waals surface area contributed by atoms with E-state index in [2.05, 4.69) is 5.32 Å². The summed E-state index contributed by atoms with van der Waals surface area (Å²) in [5.41, 5.74) is 0.568. The summed E-state index contributed by atoms with van der Waals surface area (Å²) in [5.74, 6) is 0.247. The molecule has 1 fully saturated rings. The molecular weight excluding hydrogens is 382 g/mol. The Labute approximate surface area is 180 Å². The third-order valence-corrected chi connectivity index (χ3v) is 5.30. The van der Waals surface area contributed by atoms with Crippen LogP contribution in [0.2, 0.25) is 0 Å². The molecule has 0 bridgehead atoms. The van der Waals surface area contributed by atoms with Gasteiger partial charge in [0.1, 0.15) is 11.4 Å². The van der Waals surface area contributed by atoms with Crippen LogP contribution in [-0.4, -0.2) is 34.9 Å². The molecule has 0 spiro atoms. The van der Waals surface area contributed by atoms with Crippen LogP contribution in [0, 0.1) is 11.8 Å². The molecule has 1 saturated carbocycles. The van der Waals surface area contributed by atoms with Gasteiger partial charge in [-0.2, -0.15) is 0 Å². The number of hydrogen-bond acceptors (Lipinski definition) is 4. The molecule has 1 aromatic rings. The van der Waals surface area contributed by atoms with E-state index in [1.807, 2.05) is 58.9 Å². The van der Waals surface area contributed by atoms with Crippen molar-refractivity contribution in [2.24, 2.45) is 11.8 Å². The van der Waals surface area contributed by atoms with Gasteiger partial charge in [-0.05, 0) is 90.7 Å². The number of carbonyl (C=O) groups excluding carboxylic acids is 1. The summed E-state index contributed by atoms with van der Waals surface area (Å²) in [6, 6.07) is 7.88. The van der Waals surface area contributed by atoms with E-state index in [0.29, 0.717) is 12.3 Å². The highest BCUT2D eigenvalue weighted by Gasteiger charge is 2.36. The molecule has 1 aliphatic carbocycles. The normalized spacial score (nSPS) is 17.0. The number of nitrogens with one attached hydrogen (secondary N) is 1. The number of carboxylic acids is 1. The van der Waals surface area contributed by atoms with Crippen molar-refractivity contribution in [2.45, 2.75) is 90.9 Å². The quantitative estimate of drug-likeness (QED) is 0.515. The van der Waals surface area contributed by atoms with Crippen LogP contribution < -0.4 is 10.1 Å². The lowest BCUT2D eigenvalue weighted by Crippen LogP contribution is -2.37. The van der Waals surface area contributed by atoms with Gasteiger partial charge >= 0.3 is 12.1 Å². The first-order valence-electron chi connectivity index (χ1n) is 11.0. The summed E-state index contributed by atoms with van der Waals surface area (Å²) in [5, 5.41) is 12.3. The van der Waals surface area contributed by atoms with Crippen LogP contribution in [0.25, 0.3) is 0 Å². The monoisotopic (exact) mass is 419 g/mol. The molecule has 2 N–H and O–H groups in total. The van der Waals surface area contributed by atoms with E-state index in [0.717, 1.165) is 43.4 Å². The number of hydrogen-bond donors (Lipinski definition) is 2. The molecular formula is C24H37NO5. The Morgan fingerprint density at radius 3 is 2.40 bits per heavy atom. The third-order valence-electron chi connectivity index (χ3n) is 5.30. The smallest absolute Gasteiger partial charge is 0.407 e. The molecule has 1 amide bonds. The number of benzene rings is 1. The van der Waals surface area contributed by atoms with E-state index < -0.39 is 17.7 Å². The number of amides is 1. The van der Waals surface area contributed by atoms with Crippen molar-refractivity contribution < 1.29 is 24.2 Å². The van der Waals surface area contributed by atoms with Gasteiger partial charge in [0, 0.05) is 6.04 Å². The minimum absolute atomic E-state index is 0.0276. The Morgan fingerprint density at radius 1 is 1.13 bits per heavy atom. The van der Waals surface area contributed by atoms with Gasteiger partial charge in [-0.15, -0.1) is 0 Å². The van der Waals surface area contributed by atoms with Crippen molar-refractivity contribution in [1.29, 1.82) is 0 Å². The van der Waals surface area contributed by atoms with Crippen molar-refractivity contribution in [2.75, 3.05) is 0 Å². The molecule has 1 aromatic carbocycles. The zero-order chi connectivity index (χ0) is 22.3. The molecule has 1 aliphatic rings. The van der Waals surface area contributed by atoms with Crippen molar-refractivity contribution in [3.63, 3.8) is 0 Å². The Morgan fingerprint density at radius 2 is 1.80 bits per heavy atom. The van der Waals surface area contributed by atoms with Gasteiger partial charge in [-0.3, -0.25) is 4.79 Å². The lowest BCUT2D eigenvalue weighted by Gasteiger charge is -2.22. The molecule has 6 heteroatoms. The highest BCUT2D eigenvalue weighted by molar-refractivity contribution is 5.70. The second kappa shape index (κ2) is 10.7. The van der Waals surface area contributed by atoms with Crippen LogP contribution in [0.4, 0.5) is 4.79 Å². The predicted octanol–water partition coefficient (Wildman–Crippen LogP) is 5.19. The second-order valence-corrected chi connectivity index (χ2v) is 9.48. The molecule has 3 atom stereocenters. The molecule has 0 aromatic heterocycles. The second-order valence-electron chi connectivity index (χ2n) is 9.48. The van der Waals surface area contributed by atoms with E-state index in [9.17, 15) is 14.7 Å². The highest BCUT2D eigenvalue weighted by atomic mass is 16.6. The van der Waals surface area contributed by atoms with Crippen LogP contribution in [0.15, 0.2) is 24.3 Å². The van der Waals surface area contributed by atoms with Crippen LogP contribution in [0.1, 0.15) is 72.3 Å². The summed E-state index contributed by atoms with van der Waals surface area (Å²) in [6.07, 6.45) is 4.50. The lowest BCUT2D eigenvalue weighted by molar-refractivity contribution is -0.142. The lowest BCUT2D eigenvalue weighted by atomic mass is 9.96. The highest BCUT2D eigenvalue weighted by Crippen LogP contribution is 2.39. The first-order chi connectivity index (χ1) is 14.0. The van der Waals surface area contributed by atoms with Gasteiger partial charge in [0.2, 0.25) is 0 Å². The van der Waals surface area contributed by atoms with E-state index in [4.69, 9.17) is 9.47 Å². The summed E-state index contributed by atoms with van der Waals surface area (Å²) in [7, 11) is 0. The Kier molecular flexibility index (Phi) is 8.56. The van der Waals surface area contributed by atoms with Crippen LogP contribution in [-0.2, 0) is 16.0 Å². The predicted molar refractivity (Wildman–Crippen MR) is 117 cm³/mol. The van der Waals surface area contributed by atoms with E-state index in [1.165, 1.54) is 0 Å². The van der Waals surface area contributed by atoms with E-state index in [-0.39, 0.29) is 18.1 Å². The van der Waals surface area contributed by atoms with Crippen LogP contribution in [0.5, 0.6) is 5.75 Å². The third kappa shape index (κ3) is 8.64. The number of aryl methyl sites for hydroxylation is 1. The molecule has 168 valence electrons. The van der Waals surface area contributed by atoms with Gasteiger partial charge in [0.05, 0.1) is 12.0 Å². The van der Waals surface area contributed by atoms with Gasteiger partial charge in [0.25, 0.3) is 0 Å². The average Bonchev–Trinajstić information content (AvgIpc) is 3.44. The topological polar surface area (TPSA) is 84.9 Å². The molecule has 30 heavy (non-hydrogen) atoms. The fourth-order valence-corrected chi connectivity index (χ4v) is 3.53. The molecule has 0 radical (unpaired) electrons. The van der Waals surface area contributed by atoms with Crippen molar-refractivity contribution in [3.05, 3.63) is 29.8 Å². The Balaban J connectivity index is 1.83. The van der Waals surface area contributed by atoms with Crippen LogP contribution >= 0.6 is 0 Å². The van der Waals surface area contributed by atoms with Gasteiger partial charge in [-0.1, -0.05) is 18.2 Å². The number of alkyl carbamates (subject to hydrolysis) is 1. The van der Waals surface area contributed by atoms with Gasteiger partial charge < -0.3 is 19.9 Å². The number of carbonyl (C=O) groups is 2. The van der Waals surface area contributed by atoms with E-state index >= 15 is 0 Å². The fraction of sp³-hybridized carbons (Fsp3) is 0.667. The molecule has 0 heterocycles. The zero-order valence-electron chi connectivity index (χ0n) is 18.9. The number of rotatable bonds is 11. The van der Waals surface area contributed by atoms with Crippen molar-refractivity contribution in [1.82, 2.24) is 5.32 Å². The maximum absolute atomic E-state index is 11.9. The number of ether oxygens (including phenoxy) is 2. The molecule has 0 unspecified atom stereocenters. The molecule has 0 saturated heterocycles. The maximum atomic E-state index is 11.9. The number of aliphatic carboxylic acids is 1. The van der Waals surface area contributed by atoms with E-state index in [1.54, 1.807) is 0 Å². The van der Waals surface area contributed by atoms with Gasteiger partial charge in [0.15, 0.2) is 0 Å². The number of para-hydroxylation sites is 1. The largest absolute Gasteiger partial charge is 0.490 e. The molecule has 0 aliphatic heterocycles. The molecule has 2 rings (SSSR count). The summed E-state index contributed by atoms with van der Waals surface area (Å²) in [4.78, 5) is 23.3.